The van der Waals surface area contributed by atoms with Crippen molar-refractivity contribution in [2.24, 2.45) is 0 Å². The van der Waals surface area contributed by atoms with Crippen LogP contribution in [0.25, 0.3) is 17.1 Å². The summed E-state index contributed by atoms with van der Waals surface area (Å²) >= 11 is 1.52. The number of nitro groups is 1. The average Bonchev–Trinajstić information content (AvgIpc) is 3.47. The summed E-state index contributed by atoms with van der Waals surface area (Å²) in [6, 6.07) is 21.9. The van der Waals surface area contributed by atoms with Gasteiger partial charge in [-0.25, -0.2) is 8.42 Å². The molecule has 14 heteroatoms. The van der Waals surface area contributed by atoms with E-state index < -0.39 is 21.0 Å². The van der Waals surface area contributed by atoms with Crippen molar-refractivity contribution in [3.8, 4) is 22.8 Å². The van der Waals surface area contributed by atoms with Crippen molar-refractivity contribution in [2.45, 2.75) is 35.9 Å². The van der Waals surface area contributed by atoms with E-state index in [1.165, 1.54) is 40.3 Å². The van der Waals surface area contributed by atoms with Crippen LogP contribution in [0.4, 0.5) is 5.69 Å². The fourth-order valence-corrected chi connectivity index (χ4v) is 7.57. The lowest BCUT2D eigenvalue weighted by Gasteiger charge is -2.39. The molecule has 3 aromatic carbocycles. The minimum atomic E-state index is -3.86. The molecule has 4 aromatic rings. The average molecular weight is 637 g/mol. The number of benzene rings is 3. The Bertz CT molecular complexity index is 1730. The molecule has 1 atom stereocenters. The topological polar surface area (TPSA) is 141 Å². The van der Waals surface area contributed by atoms with Gasteiger partial charge in [-0.3, -0.25) is 19.5 Å². The molecule has 1 aliphatic rings. The lowest BCUT2D eigenvalue weighted by Crippen LogP contribution is -2.55. The number of non-ortho nitro benzene ring substituents is 1. The number of ether oxygens (including phenoxy) is 1. The molecule has 0 N–H and O–H groups in total. The van der Waals surface area contributed by atoms with E-state index in [-0.39, 0.29) is 36.1 Å². The van der Waals surface area contributed by atoms with Gasteiger partial charge in [0.2, 0.25) is 15.9 Å². The molecule has 230 valence electrons. The van der Waals surface area contributed by atoms with Gasteiger partial charge in [-0.2, -0.15) is 4.31 Å². The van der Waals surface area contributed by atoms with Crippen LogP contribution in [0.5, 0.6) is 5.75 Å². The third-order valence-corrected chi connectivity index (χ3v) is 10.4. The van der Waals surface area contributed by atoms with Gasteiger partial charge in [0.25, 0.3) is 5.69 Å². The number of para-hydroxylation sites is 1. The first kappa shape index (κ1) is 31.2. The zero-order valence-electron chi connectivity index (χ0n) is 24.3. The molecule has 1 aromatic heterocycles. The number of nitro benzene ring substituents is 1. The van der Waals surface area contributed by atoms with Crippen molar-refractivity contribution < 1.29 is 22.9 Å². The number of carbonyl (C=O) groups excluding carboxylic acids is 1. The lowest BCUT2D eigenvalue weighted by molar-refractivity contribution is -0.384. The maximum atomic E-state index is 13.2. The molecule has 1 amide bonds. The molecule has 12 nitrogen and oxygen atoms in total. The van der Waals surface area contributed by atoms with Crippen molar-refractivity contribution in [1.29, 1.82) is 0 Å². The molecule has 0 bridgehead atoms. The van der Waals surface area contributed by atoms with Crippen molar-refractivity contribution in [3.63, 3.8) is 0 Å². The Morgan fingerprint density at radius 2 is 1.80 bits per heavy atom. The van der Waals surface area contributed by atoms with Gasteiger partial charge in [0.1, 0.15) is 5.75 Å². The fourth-order valence-electron chi connectivity index (χ4n) is 5.07. The van der Waals surface area contributed by atoms with E-state index in [4.69, 9.17) is 4.74 Å². The van der Waals surface area contributed by atoms with Gasteiger partial charge in [-0.1, -0.05) is 42.1 Å². The predicted molar refractivity (Wildman–Crippen MR) is 166 cm³/mol. The number of piperazine rings is 1. The number of thioether (sulfide) groups is 1. The first-order valence-corrected chi connectivity index (χ1v) is 16.4. The Balaban J connectivity index is 1.19. The Hall–Kier alpha value is -4.27. The maximum Gasteiger partial charge on any atom is 0.269 e. The zero-order valence-corrected chi connectivity index (χ0v) is 25.9. The van der Waals surface area contributed by atoms with Gasteiger partial charge in [0.05, 0.1) is 16.9 Å². The second kappa shape index (κ2) is 13.6. The summed E-state index contributed by atoms with van der Waals surface area (Å²) in [6.07, 6.45) is 0.923. The van der Waals surface area contributed by atoms with E-state index in [9.17, 15) is 23.3 Å². The molecule has 0 aliphatic carbocycles. The number of hydrogen-bond acceptors (Lipinski definition) is 9. The number of sulfonamides is 1. The van der Waals surface area contributed by atoms with Crippen LogP contribution in [0, 0.1) is 10.1 Å². The standard InChI is InChI=1S/C30H32N6O6S2/c1-22-21-33(17-18-34(22)44(40,41)27-15-13-25(14-16-27)36(38)39)28(37)12-7-19-43-30-32-31-29(23-8-6-11-26(20-23)42-2)35(30)24-9-4-3-5-10-24/h3-6,8-11,13-16,20,22H,7,12,17-19,21H2,1-2H3. The molecule has 0 spiro atoms. The predicted octanol–water partition coefficient (Wildman–Crippen LogP) is 4.65. The third kappa shape index (κ3) is 6.77. The second-order valence-corrected chi connectivity index (χ2v) is 13.2. The zero-order chi connectivity index (χ0) is 31.3. The number of rotatable bonds is 11. The fraction of sp³-hybridized carbons (Fsp3) is 0.300. The number of methoxy groups -OCH3 is 1. The van der Waals surface area contributed by atoms with Gasteiger partial charge in [-0.15, -0.1) is 10.2 Å². The second-order valence-electron chi connectivity index (χ2n) is 10.2. The number of nitrogens with zero attached hydrogens (tertiary/aromatic N) is 6. The molecular formula is C30H32N6O6S2. The van der Waals surface area contributed by atoms with Crippen LogP contribution in [0.15, 0.2) is 88.9 Å². The van der Waals surface area contributed by atoms with Crippen LogP contribution in [0.2, 0.25) is 0 Å². The third-order valence-electron chi connectivity index (χ3n) is 7.32. The highest BCUT2D eigenvalue weighted by atomic mass is 32.2. The van der Waals surface area contributed by atoms with Crippen molar-refractivity contribution >= 4 is 33.4 Å². The summed E-state index contributed by atoms with van der Waals surface area (Å²) in [6.45, 7) is 2.45. The Morgan fingerprint density at radius 3 is 2.48 bits per heavy atom. The van der Waals surface area contributed by atoms with E-state index in [2.05, 4.69) is 10.2 Å². The maximum absolute atomic E-state index is 13.2. The van der Waals surface area contributed by atoms with Crippen molar-refractivity contribution in [1.82, 2.24) is 24.0 Å². The van der Waals surface area contributed by atoms with E-state index in [0.717, 1.165) is 17.0 Å². The lowest BCUT2D eigenvalue weighted by atomic mass is 10.2. The van der Waals surface area contributed by atoms with E-state index in [1.54, 1.807) is 18.9 Å². The monoisotopic (exact) mass is 636 g/mol. The van der Waals surface area contributed by atoms with Crippen LogP contribution in [0.1, 0.15) is 19.8 Å². The molecule has 1 fully saturated rings. The highest BCUT2D eigenvalue weighted by Gasteiger charge is 2.35. The van der Waals surface area contributed by atoms with Crippen molar-refractivity contribution in [2.75, 3.05) is 32.5 Å². The Labute approximate surface area is 259 Å². The number of carbonyl (C=O) groups is 1. The van der Waals surface area contributed by atoms with Crippen LogP contribution in [0.3, 0.4) is 0 Å². The van der Waals surface area contributed by atoms with E-state index in [0.29, 0.717) is 29.6 Å². The Kier molecular flexibility index (Phi) is 9.61. The van der Waals surface area contributed by atoms with Crippen LogP contribution < -0.4 is 4.74 Å². The summed E-state index contributed by atoms with van der Waals surface area (Å²) in [5.41, 5.74) is 1.61. The minimum Gasteiger partial charge on any atom is -0.497 e. The molecule has 1 saturated heterocycles. The van der Waals surface area contributed by atoms with Gasteiger partial charge in [0.15, 0.2) is 11.0 Å². The number of amides is 1. The van der Waals surface area contributed by atoms with Gasteiger partial charge < -0.3 is 9.64 Å². The molecule has 1 aliphatic heterocycles. The molecule has 1 unspecified atom stereocenters. The molecule has 44 heavy (non-hydrogen) atoms. The molecule has 0 radical (unpaired) electrons. The summed E-state index contributed by atoms with van der Waals surface area (Å²) in [5, 5.41) is 20.6. The summed E-state index contributed by atoms with van der Waals surface area (Å²) < 4.78 is 35.1. The van der Waals surface area contributed by atoms with Gasteiger partial charge >= 0.3 is 0 Å². The number of hydrogen-bond donors (Lipinski definition) is 0. The largest absolute Gasteiger partial charge is 0.497 e. The quantitative estimate of drug-likeness (QED) is 0.0996. The first-order valence-electron chi connectivity index (χ1n) is 14.0. The molecule has 0 saturated carbocycles. The normalized spacial score (nSPS) is 15.7. The van der Waals surface area contributed by atoms with Crippen molar-refractivity contribution in [3.05, 3.63) is 89.0 Å². The van der Waals surface area contributed by atoms with E-state index >= 15 is 0 Å². The SMILES string of the molecule is COc1cccc(-c2nnc(SCCCC(=O)N3CCN(S(=O)(=O)c4ccc([N+](=O)[O-])cc4)C(C)C3)n2-c2ccccc2)c1. The molecular weight excluding hydrogens is 605 g/mol. The van der Waals surface area contributed by atoms with Gasteiger partial charge in [0, 0.05) is 61.2 Å². The van der Waals surface area contributed by atoms with E-state index in [1.807, 2.05) is 59.2 Å². The molecule has 2 heterocycles. The summed E-state index contributed by atoms with van der Waals surface area (Å²) in [7, 11) is -2.24. The van der Waals surface area contributed by atoms with Crippen LogP contribution >= 0.6 is 11.8 Å². The summed E-state index contributed by atoms with van der Waals surface area (Å²) in [4.78, 5) is 25.1. The highest BCUT2D eigenvalue weighted by molar-refractivity contribution is 7.99. The Morgan fingerprint density at radius 1 is 1.05 bits per heavy atom. The van der Waals surface area contributed by atoms with Gasteiger partial charge in [-0.05, 0) is 49.7 Å². The smallest absolute Gasteiger partial charge is 0.269 e. The highest BCUT2D eigenvalue weighted by Crippen LogP contribution is 2.30. The molecule has 5 rings (SSSR count). The van der Waals surface area contributed by atoms with Crippen LogP contribution in [-0.4, -0.2) is 81.8 Å². The number of aromatic nitrogens is 3. The summed E-state index contributed by atoms with van der Waals surface area (Å²) in [5.74, 6) is 2.01. The minimum absolute atomic E-state index is 0.00957. The first-order chi connectivity index (χ1) is 21.2. The van der Waals surface area contributed by atoms with Crippen LogP contribution in [-0.2, 0) is 14.8 Å².